The molecule has 1 saturated heterocycles. The third kappa shape index (κ3) is 5.94. The van der Waals surface area contributed by atoms with E-state index >= 15 is 0 Å². The minimum atomic E-state index is 0. The molecule has 1 aromatic heterocycles. The molecule has 1 unspecified atom stereocenters. The van der Waals surface area contributed by atoms with Crippen LogP contribution in [0.2, 0.25) is 0 Å². The number of anilines is 1. The molecule has 1 aromatic carbocycles. The minimum Gasteiger partial charge on any atom is -0.357 e. The average molecular weight is 510 g/mol. The molecule has 1 atom stereocenters. The first-order valence-electron chi connectivity index (χ1n) is 9.86. The summed E-state index contributed by atoms with van der Waals surface area (Å²) in [7, 11) is 1.86. The van der Waals surface area contributed by atoms with E-state index in [1.807, 2.05) is 25.1 Å². The standard InChI is InChI=1S/C21H30N6O.HI/c1-5-22-21(23-12-17(3)18-8-6-7-16(2)11-18)26-9-10-27(20(28)15-26)19-13-24-25(4)14-19;/h6-8,11,13-14,17H,5,9-10,12,15H2,1-4H3,(H,22,23);1H. The van der Waals surface area contributed by atoms with Gasteiger partial charge in [0.1, 0.15) is 6.54 Å². The zero-order chi connectivity index (χ0) is 20.1. The first-order chi connectivity index (χ1) is 13.5. The van der Waals surface area contributed by atoms with Gasteiger partial charge in [-0.15, -0.1) is 24.0 Å². The number of hydrogen-bond donors (Lipinski definition) is 1. The van der Waals surface area contributed by atoms with Crippen molar-refractivity contribution in [3.8, 4) is 0 Å². The quantitative estimate of drug-likeness (QED) is 0.382. The number of amides is 1. The molecule has 2 heterocycles. The van der Waals surface area contributed by atoms with Crippen LogP contribution in [0.25, 0.3) is 0 Å². The summed E-state index contributed by atoms with van der Waals surface area (Å²) in [5, 5.41) is 7.51. The zero-order valence-corrected chi connectivity index (χ0v) is 20.0. The first kappa shape index (κ1) is 23.2. The summed E-state index contributed by atoms with van der Waals surface area (Å²) in [6.07, 6.45) is 3.60. The second kappa shape index (κ2) is 10.6. The molecule has 3 rings (SSSR count). The number of carbonyl (C=O) groups excluding carboxylic acids is 1. The van der Waals surface area contributed by atoms with E-state index in [9.17, 15) is 4.79 Å². The van der Waals surface area contributed by atoms with Crippen molar-refractivity contribution < 1.29 is 4.79 Å². The first-order valence-corrected chi connectivity index (χ1v) is 9.86. The molecule has 0 saturated carbocycles. The molecule has 0 bridgehead atoms. The summed E-state index contributed by atoms with van der Waals surface area (Å²) < 4.78 is 1.72. The maximum absolute atomic E-state index is 12.7. The second-order valence-corrected chi connectivity index (χ2v) is 7.35. The van der Waals surface area contributed by atoms with Gasteiger partial charge in [0, 0.05) is 45.3 Å². The van der Waals surface area contributed by atoms with Crippen molar-refractivity contribution in [1.82, 2.24) is 20.0 Å². The van der Waals surface area contributed by atoms with Crippen molar-refractivity contribution in [3.05, 3.63) is 47.8 Å². The molecule has 1 N–H and O–H groups in total. The highest BCUT2D eigenvalue weighted by molar-refractivity contribution is 14.0. The maximum Gasteiger partial charge on any atom is 0.246 e. The van der Waals surface area contributed by atoms with Gasteiger partial charge in [-0.2, -0.15) is 5.10 Å². The van der Waals surface area contributed by atoms with Gasteiger partial charge in [-0.1, -0.05) is 36.8 Å². The Morgan fingerprint density at radius 2 is 2.14 bits per heavy atom. The number of halogens is 1. The highest BCUT2D eigenvalue weighted by atomic mass is 127. The Morgan fingerprint density at radius 3 is 2.76 bits per heavy atom. The lowest BCUT2D eigenvalue weighted by atomic mass is 10.00. The molecule has 1 fully saturated rings. The number of aryl methyl sites for hydroxylation is 2. The number of nitrogens with zero attached hydrogens (tertiary/aromatic N) is 5. The molecule has 1 aliphatic heterocycles. The van der Waals surface area contributed by atoms with Crippen molar-refractivity contribution >= 4 is 41.5 Å². The van der Waals surface area contributed by atoms with Crippen LogP contribution in [0.15, 0.2) is 41.7 Å². The molecule has 2 aromatic rings. The van der Waals surface area contributed by atoms with Crippen LogP contribution in [0.1, 0.15) is 30.9 Å². The Labute approximate surface area is 190 Å². The van der Waals surface area contributed by atoms with E-state index in [1.165, 1.54) is 11.1 Å². The van der Waals surface area contributed by atoms with E-state index in [4.69, 9.17) is 4.99 Å². The third-order valence-corrected chi connectivity index (χ3v) is 4.98. The van der Waals surface area contributed by atoms with Crippen LogP contribution < -0.4 is 10.2 Å². The van der Waals surface area contributed by atoms with Gasteiger partial charge in [0.15, 0.2) is 5.96 Å². The van der Waals surface area contributed by atoms with Gasteiger partial charge in [-0.05, 0) is 19.4 Å². The molecule has 7 nitrogen and oxygen atoms in total. The summed E-state index contributed by atoms with van der Waals surface area (Å²) >= 11 is 0. The van der Waals surface area contributed by atoms with Crippen molar-refractivity contribution in [2.45, 2.75) is 26.7 Å². The molecule has 0 spiro atoms. The molecule has 0 aliphatic carbocycles. The van der Waals surface area contributed by atoms with Crippen molar-refractivity contribution in [1.29, 1.82) is 0 Å². The minimum absolute atomic E-state index is 0. The second-order valence-electron chi connectivity index (χ2n) is 7.35. The predicted molar refractivity (Wildman–Crippen MR) is 128 cm³/mol. The van der Waals surface area contributed by atoms with Crippen LogP contribution in [0.4, 0.5) is 5.69 Å². The van der Waals surface area contributed by atoms with Gasteiger partial charge in [0.05, 0.1) is 11.9 Å². The Bertz CT molecular complexity index is 849. The summed E-state index contributed by atoms with van der Waals surface area (Å²) in [6, 6.07) is 8.56. The fourth-order valence-corrected chi connectivity index (χ4v) is 3.41. The number of piperazine rings is 1. The van der Waals surface area contributed by atoms with E-state index in [2.05, 4.69) is 48.5 Å². The molecule has 0 radical (unpaired) electrons. The van der Waals surface area contributed by atoms with Gasteiger partial charge in [0.25, 0.3) is 0 Å². The van der Waals surface area contributed by atoms with Gasteiger partial charge in [-0.25, -0.2) is 0 Å². The molecule has 8 heteroatoms. The normalized spacial score (nSPS) is 15.9. The number of rotatable bonds is 5. The van der Waals surface area contributed by atoms with Gasteiger partial charge in [0.2, 0.25) is 5.91 Å². The lowest BCUT2D eigenvalue weighted by molar-refractivity contribution is -0.120. The van der Waals surface area contributed by atoms with E-state index in [0.717, 1.165) is 24.7 Å². The Morgan fingerprint density at radius 1 is 1.34 bits per heavy atom. The van der Waals surface area contributed by atoms with Crippen LogP contribution in [-0.4, -0.2) is 59.3 Å². The summed E-state index contributed by atoms with van der Waals surface area (Å²) in [5.41, 5.74) is 3.40. The lowest BCUT2D eigenvalue weighted by Gasteiger charge is -2.35. The molecule has 29 heavy (non-hydrogen) atoms. The predicted octanol–water partition coefficient (Wildman–Crippen LogP) is 2.76. The van der Waals surface area contributed by atoms with Crippen LogP contribution in [-0.2, 0) is 11.8 Å². The molecule has 1 amide bonds. The van der Waals surface area contributed by atoms with Crippen molar-refractivity contribution in [2.24, 2.45) is 12.0 Å². The third-order valence-electron chi connectivity index (χ3n) is 4.98. The molecular weight excluding hydrogens is 479 g/mol. The van der Waals surface area contributed by atoms with Crippen LogP contribution in [0.3, 0.4) is 0 Å². The Balaban J connectivity index is 0.00000300. The topological polar surface area (TPSA) is 65.8 Å². The number of aromatic nitrogens is 2. The smallest absolute Gasteiger partial charge is 0.246 e. The zero-order valence-electron chi connectivity index (χ0n) is 17.6. The molecular formula is C21H31IN6O. The van der Waals surface area contributed by atoms with Crippen molar-refractivity contribution in [3.63, 3.8) is 0 Å². The van der Waals surface area contributed by atoms with Crippen LogP contribution in [0, 0.1) is 6.92 Å². The Hall–Kier alpha value is -2.10. The van der Waals surface area contributed by atoms with E-state index < -0.39 is 0 Å². The number of benzene rings is 1. The number of hydrogen-bond acceptors (Lipinski definition) is 3. The molecule has 1 aliphatic rings. The SMILES string of the molecule is CCNC(=NCC(C)c1cccc(C)c1)N1CCN(c2cnn(C)c2)C(=O)C1.I. The van der Waals surface area contributed by atoms with Crippen molar-refractivity contribution in [2.75, 3.05) is 37.6 Å². The monoisotopic (exact) mass is 510 g/mol. The van der Waals surface area contributed by atoms with Gasteiger partial charge >= 0.3 is 0 Å². The number of aliphatic imine (C=N–C) groups is 1. The largest absolute Gasteiger partial charge is 0.357 e. The van der Waals surface area contributed by atoms with Crippen LogP contribution >= 0.6 is 24.0 Å². The van der Waals surface area contributed by atoms with E-state index in [-0.39, 0.29) is 29.9 Å². The highest BCUT2D eigenvalue weighted by Crippen LogP contribution is 2.18. The van der Waals surface area contributed by atoms with E-state index in [0.29, 0.717) is 25.6 Å². The number of nitrogens with one attached hydrogen (secondary N) is 1. The van der Waals surface area contributed by atoms with Crippen LogP contribution in [0.5, 0.6) is 0 Å². The summed E-state index contributed by atoms with van der Waals surface area (Å²) in [6.45, 7) is 9.49. The number of carbonyl (C=O) groups is 1. The van der Waals surface area contributed by atoms with E-state index in [1.54, 1.807) is 15.8 Å². The fourth-order valence-electron chi connectivity index (χ4n) is 3.41. The fraction of sp³-hybridized carbons (Fsp3) is 0.476. The average Bonchev–Trinajstić information content (AvgIpc) is 3.10. The highest BCUT2D eigenvalue weighted by Gasteiger charge is 2.27. The van der Waals surface area contributed by atoms with Gasteiger partial charge in [-0.3, -0.25) is 14.5 Å². The lowest BCUT2D eigenvalue weighted by Crippen LogP contribution is -2.55. The Kier molecular flexibility index (Phi) is 8.48. The summed E-state index contributed by atoms with van der Waals surface area (Å²) in [5.74, 6) is 1.19. The number of guanidine groups is 1. The summed E-state index contributed by atoms with van der Waals surface area (Å²) in [4.78, 5) is 21.3. The maximum atomic E-state index is 12.7. The van der Waals surface area contributed by atoms with Gasteiger partial charge < -0.3 is 15.1 Å². The molecule has 158 valence electrons.